The second-order valence-corrected chi connectivity index (χ2v) is 6.37. The van der Waals surface area contributed by atoms with Crippen LogP contribution in [-0.4, -0.2) is 76.3 Å². The minimum atomic E-state index is -1.70. The molecule has 0 spiro atoms. The molecule has 0 bridgehead atoms. The summed E-state index contributed by atoms with van der Waals surface area (Å²) in [4.78, 5) is 23.7. The van der Waals surface area contributed by atoms with Crippen LogP contribution in [0, 0.1) is 0 Å². The van der Waals surface area contributed by atoms with Gasteiger partial charge in [-0.3, -0.25) is 0 Å². The van der Waals surface area contributed by atoms with E-state index in [4.69, 9.17) is 19.3 Å². The van der Waals surface area contributed by atoms with Gasteiger partial charge >= 0.3 is 11.9 Å². The van der Waals surface area contributed by atoms with Crippen LogP contribution in [0.3, 0.4) is 0 Å². The first kappa shape index (κ1) is 22.7. The van der Waals surface area contributed by atoms with E-state index >= 15 is 0 Å². The van der Waals surface area contributed by atoms with Gasteiger partial charge in [-0.25, -0.2) is 9.59 Å². The Kier molecular flexibility index (Phi) is 8.50. The molecule has 0 saturated carbocycles. The van der Waals surface area contributed by atoms with Crippen molar-refractivity contribution in [2.24, 2.45) is 0 Å². The summed E-state index contributed by atoms with van der Waals surface area (Å²) < 4.78 is 15.2. The lowest BCUT2D eigenvalue weighted by molar-refractivity contribution is -0.291. The maximum Gasteiger partial charge on any atom is 0.333 e. The molecule has 0 aliphatic carbocycles. The molecule has 5 unspecified atom stereocenters. The molecule has 9 nitrogen and oxygen atoms in total. The molecule has 158 valence electrons. The Hall–Kier alpha value is -2.56. The van der Waals surface area contributed by atoms with E-state index in [9.17, 15) is 24.9 Å². The van der Waals surface area contributed by atoms with Crippen molar-refractivity contribution in [3.8, 4) is 0 Å². The highest BCUT2D eigenvalue weighted by atomic mass is 16.7. The molecule has 1 aromatic carbocycles. The fraction of sp³-hybridized carbons (Fsp3) is 0.400. The third kappa shape index (κ3) is 6.48. The van der Waals surface area contributed by atoms with E-state index in [0.717, 1.165) is 11.6 Å². The monoisotopic (exact) mass is 408 g/mol. The molecule has 1 aromatic rings. The van der Waals surface area contributed by atoms with E-state index in [-0.39, 0.29) is 18.6 Å². The molecule has 2 rings (SSSR count). The summed E-state index contributed by atoms with van der Waals surface area (Å²) in [6.45, 7) is 2.68. The first-order chi connectivity index (χ1) is 13.8. The summed E-state index contributed by atoms with van der Waals surface area (Å²) >= 11 is 0. The van der Waals surface area contributed by atoms with Crippen LogP contribution < -0.4 is 0 Å². The van der Waals surface area contributed by atoms with Crippen molar-refractivity contribution in [2.75, 3.05) is 13.2 Å². The quantitative estimate of drug-likeness (QED) is 0.332. The van der Waals surface area contributed by atoms with E-state index in [2.05, 4.69) is 6.58 Å². The molecule has 0 radical (unpaired) electrons. The molecule has 1 aliphatic rings. The smallest absolute Gasteiger partial charge is 0.333 e. The second-order valence-electron chi connectivity index (χ2n) is 6.37. The minimum absolute atomic E-state index is 0.0161. The van der Waals surface area contributed by atoms with E-state index in [1.54, 1.807) is 24.3 Å². The average Bonchev–Trinajstić information content (AvgIpc) is 2.72. The number of carbonyl (C=O) groups is 2. The van der Waals surface area contributed by atoms with Gasteiger partial charge in [0, 0.05) is 24.7 Å². The van der Waals surface area contributed by atoms with E-state index in [0.29, 0.717) is 0 Å². The van der Waals surface area contributed by atoms with Gasteiger partial charge in [-0.05, 0) is 11.6 Å². The van der Waals surface area contributed by atoms with Crippen LogP contribution in [0.5, 0.6) is 0 Å². The van der Waals surface area contributed by atoms with Gasteiger partial charge in [0.15, 0.2) is 0 Å². The van der Waals surface area contributed by atoms with Gasteiger partial charge in [-0.15, -0.1) is 0 Å². The van der Waals surface area contributed by atoms with E-state index < -0.39 is 49.3 Å². The lowest BCUT2D eigenvalue weighted by Crippen LogP contribution is -2.59. The summed E-state index contributed by atoms with van der Waals surface area (Å²) in [5.74, 6) is -1.65. The van der Waals surface area contributed by atoms with Crippen LogP contribution in [-0.2, 0) is 23.8 Å². The Bertz CT molecular complexity index is 731. The number of rotatable bonds is 8. The molecule has 1 saturated heterocycles. The SMILES string of the molecule is C=C(CCO)C(=O)OCC1OC(OC(=O)C=Cc2ccccc2)C(O)C(O)C1O. The van der Waals surface area contributed by atoms with Crippen molar-refractivity contribution < 1.29 is 44.2 Å². The lowest BCUT2D eigenvalue weighted by Gasteiger charge is -2.39. The predicted molar refractivity (Wildman–Crippen MR) is 100 cm³/mol. The van der Waals surface area contributed by atoms with Crippen LogP contribution >= 0.6 is 0 Å². The molecule has 1 heterocycles. The molecule has 0 aromatic heterocycles. The Labute approximate surface area is 167 Å². The Morgan fingerprint density at radius 2 is 1.79 bits per heavy atom. The van der Waals surface area contributed by atoms with Gasteiger partial charge in [0.1, 0.15) is 31.0 Å². The normalized spacial score (nSPS) is 26.8. The van der Waals surface area contributed by atoms with Gasteiger partial charge in [0.25, 0.3) is 0 Å². The van der Waals surface area contributed by atoms with Crippen LogP contribution in [0.15, 0.2) is 48.6 Å². The lowest BCUT2D eigenvalue weighted by atomic mass is 9.99. The number of carbonyl (C=O) groups excluding carboxylic acids is 2. The van der Waals surface area contributed by atoms with Crippen molar-refractivity contribution in [1.29, 1.82) is 0 Å². The first-order valence-corrected chi connectivity index (χ1v) is 8.92. The Morgan fingerprint density at radius 1 is 1.10 bits per heavy atom. The van der Waals surface area contributed by atoms with Crippen molar-refractivity contribution >= 4 is 18.0 Å². The highest BCUT2D eigenvalue weighted by Gasteiger charge is 2.45. The van der Waals surface area contributed by atoms with Crippen molar-refractivity contribution in [3.05, 3.63) is 54.1 Å². The van der Waals surface area contributed by atoms with Gasteiger partial charge in [-0.2, -0.15) is 0 Å². The molecular formula is C20H24O9. The standard InChI is InChI=1S/C20H24O9/c1-12(9-10-21)19(26)27-11-14-16(23)17(24)18(25)20(28-14)29-15(22)8-7-13-5-3-2-4-6-13/h2-8,14,16-18,20-21,23-25H,1,9-11H2. The summed E-state index contributed by atoms with van der Waals surface area (Å²) in [6.07, 6.45) is -5.17. The van der Waals surface area contributed by atoms with Gasteiger partial charge in [-0.1, -0.05) is 36.9 Å². The highest BCUT2D eigenvalue weighted by molar-refractivity contribution is 5.88. The molecule has 4 N–H and O–H groups in total. The zero-order valence-electron chi connectivity index (χ0n) is 15.6. The van der Waals surface area contributed by atoms with Gasteiger partial charge in [0.05, 0.1) is 0 Å². The zero-order valence-corrected chi connectivity index (χ0v) is 15.6. The summed E-state index contributed by atoms with van der Waals surface area (Å²) in [5.41, 5.74) is 0.769. The molecule has 1 aliphatic heterocycles. The average molecular weight is 408 g/mol. The summed E-state index contributed by atoms with van der Waals surface area (Å²) in [6, 6.07) is 8.94. The van der Waals surface area contributed by atoms with E-state index in [1.165, 1.54) is 6.08 Å². The highest BCUT2D eigenvalue weighted by Crippen LogP contribution is 2.23. The third-order valence-electron chi connectivity index (χ3n) is 4.19. The number of aliphatic hydroxyl groups is 4. The number of hydrogen-bond donors (Lipinski definition) is 4. The number of hydrogen-bond acceptors (Lipinski definition) is 9. The topological polar surface area (TPSA) is 143 Å². The van der Waals surface area contributed by atoms with Crippen molar-refractivity contribution in [3.63, 3.8) is 0 Å². The number of esters is 2. The maximum absolute atomic E-state index is 12.0. The Balaban J connectivity index is 1.95. The molecule has 1 fully saturated rings. The third-order valence-corrected chi connectivity index (χ3v) is 4.19. The number of aliphatic hydroxyl groups excluding tert-OH is 4. The van der Waals surface area contributed by atoms with Crippen LogP contribution in [0.25, 0.3) is 6.08 Å². The summed E-state index contributed by atoms with van der Waals surface area (Å²) in [7, 11) is 0. The van der Waals surface area contributed by atoms with Crippen LogP contribution in [0.1, 0.15) is 12.0 Å². The largest absolute Gasteiger partial charge is 0.459 e. The van der Waals surface area contributed by atoms with Gasteiger partial charge < -0.3 is 34.6 Å². The minimum Gasteiger partial charge on any atom is -0.459 e. The number of benzene rings is 1. The molecular weight excluding hydrogens is 384 g/mol. The predicted octanol–water partition coefficient (Wildman–Crippen LogP) is -0.468. The van der Waals surface area contributed by atoms with Crippen LogP contribution in [0.4, 0.5) is 0 Å². The first-order valence-electron chi connectivity index (χ1n) is 8.92. The Morgan fingerprint density at radius 3 is 2.45 bits per heavy atom. The molecule has 0 amide bonds. The maximum atomic E-state index is 12.0. The zero-order chi connectivity index (χ0) is 21.4. The molecule has 29 heavy (non-hydrogen) atoms. The van der Waals surface area contributed by atoms with E-state index in [1.807, 2.05) is 6.07 Å². The second kappa shape index (κ2) is 10.8. The summed E-state index contributed by atoms with van der Waals surface area (Å²) in [5, 5.41) is 38.8. The molecule has 5 atom stereocenters. The molecule has 9 heteroatoms. The fourth-order valence-corrected chi connectivity index (χ4v) is 2.53. The van der Waals surface area contributed by atoms with Gasteiger partial charge in [0.2, 0.25) is 6.29 Å². The fourth-order valence-electron chi connectivity index (χ4n) is 2.53. The van der Waals surface area contributed by atoms with Crippen molar-refractivity contribution in [2.45, 2.75) is 37.1 Å². The number of ether oxygens (including phenoxy) is 3. The van der Waals surface area contributed by atoms with Crippen LogP contribution in [0.2, 0.25) is 0 Å². The van der Waals surface area contributed by atoms with Crippen molar-refractivity contribution in [1.82, 2.24) is 0 Å².